The van der Waals surface area contributed by atoms with Gasteiger partial charge in [0.15, 0.2) is 5.96 Å². The van der Waals surface area contributed by atoms with Gasteiger partial charge in [-0.1, -0.05) is 109 Å². The van der Waals surface area contributed by atoms with Crippen LogP contribution in [0.3, 0.4) is 0 Å². The molecule has 2 aromatic heterocycles. The Kier molecular flexibility index (Phi) is 36.3. The summed E-state index contributed by atoms with van der Waals surface area (Å²) >= 11 is 0. The van der Waals surface area contributed by atoms with Gasteiger partial charge in [0, 0.05) is 60.6 Å². The number of aromatic nitrogens is 3. The predicted molar refractivity (Wildman–Crippen MR) is 401 cm³/mol. The highest BCUT2D eigenvalue weighted by molar-refractivity contribution is 5.99. The number of benzene rings is 2. The molecule has 0 spiro atoms. The summed E-state index contributed by atoms with van der Waals surface area (Å²) in [6, 6.07) is 0.274. The molecule has 1 saturated heterocycles. The van der Waals surface area contributed by atoms with Crippen LogP contribution in [0.5, 0.6) is 0 Å². The number of nitrogens with zero attached hydrogens (tertiary/aromatic N) is 3. The van der Waals surface area contributed by atoms with E-state index in [2.05, 4.69) is 85.0 Å². The van der Waals surface area contributed by atoms with E-state index in [0.29, 0.717) is 61.9 Å². The highest BCUT2D eigenvalue weighted by Crippen LogP contribution is 2.23. The summed E-state index contributed by atoms with van der Waals surface area (Å²) in [5, 5.41) is 60.4. The summed E-state index contributed by atoms with van der Waals surface area (Å²) in [5.74, 6) is -11.5. The predicted octanol–water partition coefficient (Wildman–Crippen LogP) is -4.42. The van der Waals surface area contributed by atoms with Gasteiger partial charge in [0.1, 0.15) is 66.5 Å². The number of carbonyl (C=O) groups excluding carboxylic acids is 12. The number of para-hydroxylation sites is 1. The fourth-order valence-electron chi connectivity index (χ4n) is 12.1. The number of likely N-dealkylation sites (tertiary alicyclic amines) is 1. The molecule has 0 saturated carbocycles. The SMILES string of the molecule is C=C(N[C@@H](CCCN=C(N)N)C(=O)NC(Cc1c[nH]c2ccccc12)C(=O)NCC(=O)NC(CCCCN)C(=O)N1CCCC1C(=O)N[C@H](C(N)=O)C(C)C)[C@H](Cc1ccccc1)NC(=O)C(Cc1cnc[nH]1)NC(=O)[C@H](CO)NC(=O)C(NC(=O)[C@@H](NC(=O)C(CO)NC(=O)[C@@H](N)CO)C(C)CC)[C@H](C)CC. The molecule has 36 heteroatoms. The Labute approximate surface area is 627 Å². The molecule has 1 fully saturated rings. The summed E-state index contributed by atoms with van der Waals surface area (Å²) in [4.78, 5) is 183. The van der Waals surface area contributed by atoms with Crippen LogP contribution < -0.4 is 87.2 Å². The van der Waals surface area contributed by atoms with Crippen molar-refractivity contribution in [1.82, 2.24) is 78.3 Å². The highest BCUT2D eigenvalue weighted by atomic mass is 16.3. The molecule has 14 atom stereocenters. The number of imidazole rings is 1. The fraction of sp³-hybridized carbons (Fsp3) is 0.556. The van der Waals surface area contributed by atoms with Gasteiger partial charge in [-0.2, -0.15) is 0 Å². The number of aliphatic imine (C=N–C) groups is 1. The zero-order chi connectivity index (χ0) is 79.7. The fourth-order valence-corrected chi connectivity index (χ4v) is 12.1. The van der Waals surface area contributed by atoms with E-state index in [1.54, 1.807) is 84.1 Å². The molecule has 0 bridgehead atoms. The second-order valence-electron chi connectivity index (χ2n) is 27.4. The molecule has 594 valence electrons. The Morgan fingerprint density at radius 3 is 1.76 bits per heavy atom. The average Bonchev–Trinajstić information content (AvgIpc) is 1.67. The van der Waals surface area contributed by atoms with Gasteiger partial charge in [0.05, 0.1) is 38.7 Å². The third kappa shape index (κ3) is 27.0. The van der Waals surface area contributed by atoms with Crippen molar-refractivity contribution in [1.29, 1.82) is 0 Å². The molecule has 1 aliphatic rings. The lowest BCUT2D eigenvalue weighted by Gasteiger charge is -2.31. The maximum atomic E-state index is 15.1. The van der Waals surface area contributed by atoms with Gasteiger partial charge in [0.25, 0.3) is 0 Å². The van der Waals surface area contributed by atoms with E-state index < -0.39 is 182 Å². The van der Waals surface area contributed by atoms with E-state index in [-0.39, 0.29) is 69.2 Å². The van der Waals surface area contributed by atoms with Gasteiger partial charge in [0.2, 0.25) is 70.9 Å². The second-order valence-corrected chi connectivity index (χ2v) is 27.4. The molecule has 4 aromatic rings. The lowest BCUT2D eigenvalue weighted by Crippen LogP contribution is -2.62. The number of carbonyl (C=O) groups is 12. The van der Waals surface area contributed by atoms with Crippen molar-refractivity contribution in [2.45, 2.75) is 191 Å². The minimum atomic E-state index is -1.75. The maximum Gasteiger partial charge on any atom is 0.245 e. The highest BCUT2D eigenvalue weighted by Gasteiger charge is 2.41. The lowest BCUT2D eigenvalue weighted by molar-refractivity contribution is -0.142. The number of amides is 12. The third-order valence-corrected chi connectivity index (χ3v) is 18.8. The Hall–Kier alpha value is -10.6. The van der Waals surface area contributed by atoms with Crippen LogP contribution in [-0.4, -0.2) is 231 Å². The number of H-pyrrole nitrogens is 2. The standard InChI is InChI=1S/C72H111N21O15/c1-8-40(5)59(92-70(107)60(41(6)9-2)91-67(104)55(37-96)88-62(99)47(74)35-94)69(106)89-54(36-95)66(103)87-53(31-45-33-78-38-82-45)65(102)85-51(29-43-19-11-10-12-20-43)42(7)83-49(24-17-27-79-72(76)77)64(101)86-52(30-44-32-80-48-22-14-13-21-46(44)48)63(100)81-34-57(97)84-50(23-15-16-26-73)71(108)93-28-18-25-56(93)68(105)90-58(39(3)4)61(75)98/h10-14,19-22,32-33,38-41,47,49-56,58-60,80,83,94-96H,7-9,15-18,23-31,34-37,73-74H2,1-6H3,(H2,75,98)(H,78,82)(H,81,100)(H,84,97)(H,85,102)(H,86,101)(H,87,103)(H,88,99)(H,89,106)(H,90,105)(H,91,104)(H,92,107)(H4,76,77,79)/t40-,41?,47+,49+,50?,51+,52?,53?,54+,55?,56?,58+,59?,60+/m1/s1. The number of aromatic amines is 2. The summed E-state index contributed by atoms with van der Waals surface area (Å²) < 4.78 is 0. The largest absolute Gasteiger partial charge is 0.394 e. The number of nitrogens with one attached hydrogen (secondary N) is 13. The average molecular weight is 1510 g/mol. The second kappa shape index (κ2) is 44.5. The first-order valence-electron chi connectivity index (χ1n) is 36.4. The van der Waals surface area contributed by atoms with Crippen molar-refractivity contribution in [2.75, 3.05) is 46.0 Å². The summed E-state index contributed by atoms with van der Waals surface area (Å²) in [5.41, 5.74) is 30.8. The summed E-state index contributed by atoms with van der Waals surface area (Å²) in [6.07, 6.45) is 6.67. The molecular formula is C72H111N21O15. The molecule has 7 unspecified atom stereocenters. The number of hydrogen-bond donors (Lipinski definition) is 21. The van der Waals surface area contributed by atoms with Crippen LogP contribution in [-0.2, 0) is 76.8 Å². The maximum absolute atomic E-state index is 15.1. The molecule has 12 amide bonds. The lowest BCUT2D eigenvalue weighted by atomic mass is 9.94. The number of aliphatic hydroxyl groups is 3. The van der Waals surface area contributed by atoms with E-state index in [4.69, 9.17) is 28.7 Å². The Morgan fingerprint density at radius 1 is 0.602 bits per heavy atom. The number of fused-ring (bicyclic) bond motifs is 1. The minimum Gasteiger partial charge on any atom is -0.394 e. The summed E-state index contributed by atoms with van der Waals surface area (Å²) in [6.45, 7) is 11.7. The number of hydrogen-bond acceptors (Lipinski definition) is 20. The molecule has 36 nitrogen and oxygen atoms in total. The van der Waals surface area contributed by atoms with Crippen molar-refractivity contribution in [3.05, 3.63) is 102 Å². The number of rotatable bonds is 47. The van der Waals surface area contributed by atoms with Gasteiger partial charge in [-0.25, -0.2) is 4.98 Å². The zero-order valence-electron chi connectivity index (χ0n) is 62.2. The van der Waals surface area contributed by atoms with Crippen LogP contribution in [0.2, 0.25) is 0 Å². The number of unbranched alkanes of at least 4 members (excludes halogenated alkanes) is 1. The van der Waals surface area contributed by atoms with Gasteiger partial charge in [-0.05, 0) is 92.9 Å². The monoisotopic (exact) mass is 1510 g/mol. The molecule has 2 aromatic carbocycles. The number of nitrogens with two attached hydrogens (primary N) is 5. The van der Waals surface area contributed by atoms with E-state index in [1.165, 1.54) is 17.4 Å². The van der Waals surface area contributed by atoms with Gasteiger partial charge in [-0.3, -0.25) is 62.5 Å². The molecule has 26 N–H and O–H groups in total. The first-order chi connectivity index (χ1) is 51.5. The first kappa shape index (κ1) is 88.1. The molecular weight excluding hydrogens is 1400 g/mol. The summed E-state index contributed by atoms with van der Waals surface area (Å²) in [7, 11) is 0. The van der Waals surface area contributed by atoms with Crippen molar-refractivity contribution in [3.8, 4) is 0 Å². The number of primary amides is 1. The van der Waals surface area contributed by atoms with Crippen LogP contribution >= 0.6 is 0 Å². The van der Waals surface area contributed by atoms with Crippen molar-refractivity contribution < 1.29 is 72.9 Å². The molecule has 0 radical (unpaired) electrons. The van der Waals surface area contributed by atoms with E-state index in [1.807, 2.05) is 18.2 Å². The number of guanidine groups is 1. The molecule has 5 rings (SSSR count). The molecule has 0 aliphatic carbocycles. The first-order valence-corrected chi connectivity index (χ1v) is 36.4. The quantitative estimate of drug-likeness (QED) is 0.0113. The van der Waals surface area contributed by atoms with E-state index in [9.17, 15) is 63.3 Å². The van der Waals surface area contributed by atoms with Crippen molar-refractivity contribution >= 4 is 87.7 Å². The van der Waals surface area contributed by atoms with Gasteiger partial charge in [-0.15, -0.1) is 0 Å². The van der Waals surface area contributed by atoms with Crippen LogP contribution in [0.15, 0.2) is 90.6 Å². The normalized spacial score (nSPS) is 16.3. The Morgan fingerprint density at radius 2 is 1.17 bits per heavy atom. The van der Waals surface area contributed by atoms with Crippen LogP contribution in [0.1, 0.15) is 116 Å². The van der Waals surface area contributed by atoms with Crippen LogP contribution in [0.25, 0.3) is 10.9 Å². The molecule has 1 aliphatic heterocycles. The Bertz CT molecular complexity index is 3690. The minimum absolute atomic E-state index is 0.0159. The van der Waals surface area contributed by atoms with Crippen molar-refractivity contribution in [2.24, 2.45) is 51.4 Å². The Balaban J connectivity index is 1.41. The smallest absolute Gasteiger partial charge is 0.245 e. The van der Waals surface area contributed by atoms with Crippen molar-refractivity contribution in [3.63, 3.8) is 0 Å². The zero-order valence-corrected chi connectivity index (χ0v) is 62.2. The van der Waals surface area contributed by atoms with Crippen LogP contribution in [0, 0.1) is 17.8 Å². The molecule has 3 heterocycles. The van der Waals surface area contributed by atoms with Gasteiger partial charge < -0.3 is 117 Å². The van der Waals surface area contributed by atoms with E-state index >= 15 is 9.59 Å². The van der Waals surface area contributed by atoms with Crippen LogP contribution in [0.4, 0.5) is 0 Å². The third-order valence-electron chi connectivity index (χ3n) is 18.8. The van der Waals surface area contributed by atoms with Gasteiger partial charge >= 0.3 is 0 Å². The molecule has 108 heavy (non-hydrogen) atoms. The van der Waals surface area contributed by atoms with E-state index in [0.717, 1.165) is 10.9 Å². The topological polar surface area (TPSA) is 588 Å². The number of aliphatic hydroxyl groups excluding tert-OH is 3.